The summed E-state index contributed by atoms with van der Waals surface area (Å²) in [6.07, 6.45) is 0. The van der Waals surface area contributed by atoms with Crippen molar-refractivity contribution in [2.24, 2.45) is 11.8 Å². The van der Waals surface area contributed by atoms with Crippen LogP contribution in [-0.4, -0.2) is 62.7 Å². The van der Waals surface area contributed by atoms with Gasteiger partial charge in [-0.15, -0.1) is 0 Å². The quantitative estimate of drug-likeness (QED) is 0.182. The van der Waals surface area contributed by atoms with Gasteiger partial charge in [0.25, 0.3) is 0 Å². The van der Waals surface area contributed by atoms with Gasteiger partial charge in [0.15, 0.2) is 46.0 Å². The van der Waals surface area contributed by atoms with Crippen LogP contribution in [0.3, 0.4) is 0 Å². The molecule has 6 atom stereocenters. The first-order valence-corrected chi connectivity index (χ1v) is 16.3. The second kappa shape index (κ2) is 14.8. The van der Waals surface area contributed by atoms with Crippen molar-refractivity contribution >= 4 is 5.78 Å². The van der Waals surface area contributed by atoms with Gasteiger partial charge in [-0.3, -0.25) is 4.79 Å². The number of ketones is 1. The first kappa shape index (κ1) is 34.7. The maximum Gasteiger partial charge on any atom is 0.165 e. The number of para-hydroxylation sites is 4. The summed E-state index contributed by atoms with van der Waals surface area (Å²) in [4.78, 5) is 15.6. The molecule has 2 fully saturated rings. The van der Waals surface area contributed by atoms with Crippen molar-refractivity contribution in [3.63, 3.8) is 0 Å². The number of benzene rings is 4. The molecule has 2 saturated heterocycles. The van der Waals surface area contributed by atoms with Crippen LogP contribution in [0, 0.1) is 11.8 Å². The Balaban J connectivity index is 1.66. The van der Waals surface area contributed by atoms with E-state index >= 15 is 4.79 Å². The SMILES string of the molecule is COc1cccc([C@H]2N[C@H](c3cccc(OC)c3OC)C3C(=O)C2[C@@H](c2cccc(OC)c2OC)N[C@H]3c2cccc(OC)c2OC)c1OC. The fraction of sp³-hybridized carbons (Fsp3) is 0.359. The third-order valence-corrected chi connectivity index (χ3v) is 9.89. The molecule has 0 radical (unpaired) electrons. The molecule has 2 unspecified atom stereocenters. The normalized spacial score (nSPS) is 22.7. The molecule has 264 valence electrons. The lowest BCUT2D eigenvalue weighted by Crippen LogP contribution is -2.60. The van der Waals surface area contributed by atoms with Crippen LogP contribution in [0.2, 0.25) is 0 Å². The molecule has 2 bridgehead atoms. The highest BCUT2D eigenvalue weighted by Crippen LogP contribution is 2.57. The Morgan fingerprint density at radius 1 is 0.380 bits per heavy atom. The molecule has 4 aromatic rings. The topological polar surface area (TPSA) is 115 Å². The average molecular weight is 685 g/mol. The van der Waals surface area contributed by atoms with Crippen LogP contribution in [-0.2, 0) is 4.79 Å². The summed E-state index contributed by atoms with van der Waals surface area (Å²) in [5, 5.41) is 7.85. The number of rotatable bonds is 12. The van der Waals surface area contributed by atoms with Crippen molar-refractivity contribution in [3.8, 4) is 46.0 Å². The molecule has 11 nitrogen and oxygen atoms in total. The minimum Gasteiger partial charge on any atom is -0.493 e. The van der Waals surface area contributed by atoms with Crippen molar-refractivity contribution < 1.29 is 42.7 Å². The van der Waals surface area contributed by atoms with Crippen molar-refractivity contribution in [1.29, 1.82) is 0 Å². The summed E-state index contributed by atoms with van der Waals surface area (Å²) in [5.74, 6) is 3.05. The first-order chi connectivity index (χ1) is 24.4. The Bertz CT molecular complexity index is 1590. The van der Waals surface area contributed by atoms with E-state index in [1.165, 1.54) is 0 Å². The lowest BCUT2D eigenvalue weighted by atomic mass is 9.63. The molecule has 0 amide bonds. The molecule has 0 spiro atoms. The molecular weight excluding hydrogens is 640 g/mol. The van der Waals surface area contributed by atoms with E-state index in [0.29, 0.717) is 46.0 Å². The molecule has 11 heteroatoms. The number of fused-ring (bicyclic) bond motifs is 2. The summed E-state index contributed by atoms with van der Waals surface area (Å²) >= 11 is 0. The summed E-state index contributed by atoms with van der Waals surface area (Å²) in [6, 6.07) is 20.5. The third-order valence-electron chi connectivity index (χ3n) is 9.89. The molecule has 2 heterocycles. The minimum absolute atomic E-state index is 0.0250. The molecule has 2 aliphatic rings. The standard InChI is InChI=1S/C39H44N2O9/c1-43-25-17-9-13-21(36(25)47-5)31-29-32(22-14-10-18-26(44-2)37(22)48-6)41-34(24-16-12-20-28(46-4)39(24)50-8)30(35(29)42)33(40-31)23-15-11-19-27(45-3)38(23)49-7/h9-20,29-34,40-41H,1-8H3/t29?,30?,31-,32-,33-,34+/m1/s1. The number of carbonyl (C=O) groups is 1. The van der Waals surface area contributed by atoms with Gasteiger partial charge in [-0.1, -0.05) is 48.5 Å². The molecular formula is C39H44N2O9. The average Bonchev–Trinajstić information content (AvgIpc) is 3.16. The Morgan fingerprint density at radius 2 is 0.620 bits per heavy atom. The minimum atomic E-state index is -0.650. The Morgan fingerprint density at radius 3 is 0.820 bits per heavy atom. The van der Waals surface area contributed by atoms with Gasteiger partial charge in [-0.25, -0.2) is 0 Å². The highest BCUT2D eigenvalue weighted by Gasteiger charge is 2.57. The summed E-state index contributed by atoms with van der Waals surface area (Å²) in [7, 11) is 12.8. The maximum absolute atomic E-state index is 15.6. The monoisotopic (exact) mass is 684 g/mol. The number of Topliss-reactive ketones (excluding diaryl/α,β-unsaturated/α-hetero) is 1. The predicted molar refractivity (Wildman–Crippen MR) is 187 cm³/mol. The van der Waals surface area contributed by atoms with Gasteiger partial charge >= 0.3 is 0 Å². The molecule has 2 aliphatic heterocycles. The van der Waals surface area contributed by atoms with E-state index in [-0.39, 0.29) is 5.78 Å². The fourth-order valence-electron chi connectivity index (χ4n) is 7.83. The third kappa shape index (κ3) is 5.70. The lowest BCUT2D eigenvalue weighted by molar-refractivity contribution is -0.139. The summed E-state index contributed by atoms with van der Waals surface area (Å²) in [6.45, 7) is 0. The molecule has 0 aromatic heterocycles. The second-order valence-electron chi connectivity index (χ2n) is 12.0. The number of ether oxygens (including phenoxy) is 8. The Labute approximate surface area is 292 Å². The molecule has 6 rings (SSSR count). The Kier molecular flexibility index (Phi) is 10.3. The zero-order chi connectivity index (χ0) is 35.5. The summed E-state index contributed by atoms with van der Waals surface area (Å²) in [5.41, 5.74) is 3.06. The number of hydrogen-bond acceptors (Lipinski definition) is 11. The van der Waals surface area contributed by atoms with Crippen LogP contribution in [0.25, 0.3) is 0 Å². The number of carbonyl (C=O) groups excluding carboxylic acids is 1. The van der Waals surface area contributed by atoms with E-state index in [4.69, 9.17) is 37.9 Å². The summed E-state index contributed by atoms with van der Waals surface area (Å²) < 4.78 is 46.8. The predicted octanol–water partition coefficient (Wildman–Crippen LogP) is 6.03. The van der Waals surface area contributed by atoms with Gasteiger partial charge in [0.05, 0.1) is 68.7 Å². The van der Waals surface area contributed by atoms with Gasteiger partial charge in [0.1, 0.15) is 5.78 Å². The van der Waals surface area contributed by atoms with E-state index in [9.17, 15) is 0 Å². The lowest BCUT2D eigenvalue weighted by Gasteiger charge is -2.53. The number of nitrogens with one attached hydrogen (secondary N) is 2. The van der Waals surface area contributed by atoms with Crippen molar-refractivity contribution in [2.75, 3.05) is 56.9 Å². The molecule has 0 aliphatic carbocycles. The molecule has 4 aromatic carbocycles. The van der Waals surface area contributed by atoms with Crippen LogP contribution < -0.4 is 48.5 Å². The molecule has 0 saturated carbocycles. The highest BCUT2D eigenvalue weighted by atomic mass is 16.5. The Hall–Kier alpha value is -5.13. The highest BCUT2D eigenvalue weighted by molar-refractivity contribution is 5.90. The largest absolute Gasteiger partial charge is 0.493 e. The zero-order valence-electron chi connectivity index (χ0n) is 29.6. The van der Waals surface area contributed by atoms with Gasteiger partial charge in [-0.2, -0.15) is 0 Å². The molecule has 2 N–H and O–H groups in total. The van der Waals surface area contributed by atoms with E-state index < -0.39 is 36.0 Å². The van der Waals surface area contributed by atoms with E-state index in [0.717, 1.165) is 22.3 Å². The van der Waals surface area contributed by atoms with E-state index in [2.05, 4.69) is 10.6 Å². The van der Waals surface area contributed by atoms with Crippen LogP contribution in [0.1, 0.15) is 46.4 Å². The number of hydrogen-bond donors (Lipinski definition) is 2. The second-order valence-corrected chi connectivity index (χ2v) is 12.0. The number of methoxy groups -OCH3 is 8. The maximum atomic E-state index is 15.6. The van der Waals surface area contributed by atoms with E-state index in [1.54, 1.807) is 56.9 Å². The van der Waals surface area contributed by atoms with Crippen LogP contribution >= 0.6 is 0 Å². The number of piperidine rings is 2. The smallest absolute Gasteiger partial charge is 0.165 e. The van der Waals surface area contributed by atoms with Crippen molar-refractivity contribution in [3.05, 3.63) is 95.1 Å². The van der Waals surface area contributed by atoms with Gasteiger partial charge in [0.2, 0.25) is 0 Å². The van der Waals surface area contributed by atoms with Gasteiger partial charge in [-0.05, 0) is 24.3 Å². The molecule has 50 heavy (non-hydrogen) atoms. The van der Waals surface area contributed by atoms with Crippen molar-refractivity contribution in [2.45, 2.75) is 24.2 Å². The van der Waals surface area contributed by atoms with Crippen LogP contribution in [0.5, 0.6) is 46.0 Å². The first-order valence-electron chi connectivity index (χ1n) is 16.3. The van der Waals surface area contributed by atoms with E-state index in [1.807, 2.05) is 72.8 Å². The van der Waals surface area contributed by atoms with Gasteiger partial charge in [0, 0.05) is 46.4 Å². The van der Waals surface area contributed by atoms with Crippen LogP contribution in [0.15, 0.2) is 72.8 Å². The van der Waals surface area contributed by atoms with Gasteiger partial charge < -0.3 is 48.5 Å². The van der Waals surface area contributed by atoms with Crippen LogP contribution in [0.4, 0.5) is 0 Å². The zero-order valence-corrected chi connectivity index (χ0v) is 29.6. The van der Waals surface area contributed by atoms with Crippen molar-refractivity contribution in [1.82, 2.24) is 10.6 Å². The fourth-order valence-corrected chi connectivity index (χ4v) is 7.83.